The van der Waals surface area contributed by atoms with E-state index in [0.717, 1.165) is 5.69 Å². The molecule has 0 radical (unpaired) electrons. The van der Waals surface area contributed by atoms with E-state index < -0.39 is 0 Å². The third-order valence-electron chi connectivity index (χ3n) is 2.07. The van der Waals surface area contributed by atoms with E-state index in [4.69, 9.17) is 4.42 Å². The number of hydrogen-bond acceptors (Lipinski definition) is 4. The van der Waals surface area contributed by atoms with E-state index in [1.165, 1.54) is 18.7 Å². The molecular formula is C12H11N3O2. The average Bonchev–Trinajstić information content (AvgIpc) is 2.83. The number of amides is 1. The number of hydrazone groups is 1. The topological polar surface area (TPSA) is 67.5 Å². The van der Waals surface area contributed by atoms with Crippen LogP contribution in [0.3, 0.4) is 0 Å². The summed E-state index contributed by atoms with van der Waals surface area (Å²) in [6, 6.07) is 6.95. The molecule has 5 nitrogen and oxygen atoms in total. The van der Waals surface area contributed by atoms with E-state index >= 15 is 0 Å². The molecule has 0 spiro atoms. The van der Waals surface area contributed by atoms with Gasteiger partial charge in [0.1, 0.15) is 5.76 Å². The van der Waals surface area contributed by atoms with Crippen molar-refractivity contribution in [1.29, 1.82) is 0 Å². The van der Waals surface area contributed by atoms with Crippen LogP contribution >= 0.6 is 0 Å². The second kappa shape index (κ2) is 5.07. The van der Waals surface area contributed by atoms with Gasteiger partial charge >= 0.3 is 0 Å². The number of hydrogen-bond donors (Lipinski definition) is 1. The fourth-order valence-electron chi connectivity index (χ4n) is 1.19. The van der Waals surface area contributed by atoms with Crippen LogP contribution in [0.4, 0.5) is 0 Å². The number of nitrogens with one attached hydrogen (secondary N) is 1. The highest BCUT2D eigenvalue weighted by molar-refractivity contribution is 5.94. The van der Waals surface area contributed by atoms with Crippen LogP contribution in [0.25, 0.3) is 0 Å². The molecule has 2 aromatic rings. The summed E-state index contributed by atoms with van der Waals surface area (Å²) in [5, 5.41) is 3.77. The molecule has 2 aromatic heterocycles. The average molecular weight is 229 g/mol. The van der Waals surface area contributed by atoms with Crippen LogP contribution < -0.4 is 5.43 Å². The van der Waals surface area contributed by atoms with Crippen molar-refractivity contribution in [2.24, 2.45) is 5.10 Å². The zero-order valence-corrected chi connectivity index (χ0v) is 9.25. The summed E-state index contributed by atoms with van der Waals surface area (Å²) in [6.07, 6.45) is 4.47. The van der Waals surface area contributed by atoms with Crippen LogP contribution in [0.5, 0.6) is 0 Å². The van der Waals surface area contributed by atoms with E-state index in [9.17, 15) is 4.79 Å². The molecule has 0 unspecified atom stereocenters. The molecule has 0 saturated carbocycles. The van der Waals surface area contributed by atoms with Gasteiger partial charge in [-0.25, -0.2) is 5.43 Å². The van der Waals surface area contributed by atoms with Gasteiger partial charge in [-0.15, -0.1) is 0 Å². The Balaban J connectivity index is 1.96. The van der Waals surface area contributed by atoms with Crippen LogP contribution in [0.1, 0.15) is 21.8 Å². The highest BCUT2D eigenvalue weighted by Gasteiger charge is 2.03. The quantitative estimate of drug-likeness (QED) is 0.644. The van der Waals surface area contributed by atoms with Gasteiger partial charge in [-0.3, -0.25) is 9.78 Å². The van der Waals surface area contributed by atoms with Crippen molar-refractivity contribution < 1.29 is 9.21 Å². The smallest absolute Gasteiger partial charge is 0.272 e. The minimum Gasteiger partial charge on any atom is -0.463 e. The molecule has 17 heavy (non-hydrogen) atoms. The first-order valence-electron chi connectivity index (χ1n) is 5.05. The lowest BCUT2D eigenvalue weighted by atomic mass is 10.2. The molecule has 0 aliphatic heterocycles. The van der Waals surface area contributed by atoms with Crippen molar-refractivity contribution in [2.75, 3.05) is 0 Å². The second-order valence-corrected chi connectivity index (χ2v) is 3.40. The molecule has 1 N–H and O–H groups in total. The van der Waals surface area contributed by atoms with E-state index in [0.29, 0.717) is 11.3 Å². The molecule has 1 amide bonds. The Morgan fingerprint density at radius 3 is 3.00 bits per heavy atom. The lowest BCUT2D eigenvalue weighted by Crippen LogP contribution is -2.17. The largest absolute Gasteiger partial charge is 0.463 e. The first kappa shape index (κ1) is 11.1. The molecule has 0 atom stereocenters. The lowest BCUT2D eigenvalue weighted by molar-refractivity contribution is 0.0955. The molecule has 2 heterocycles. The molecule has 0 aromatic carbocycles. The van der Waals surface area contributed by atoms with Gasteiger partial charge in [0.25, 0.3) is 5.91 Å². The molecule has 0 saturated heterocycles. The molecule has 0 fully saturated rings. The molecule has 0 aliphatic carbocycles. The van der Waals surface area contributed by atoms with Gasteiger partial charge in [0, 0.05) is 11.9 Å². The minimum absolute atomic E-state index is 0.305. The maximum Gasteiger partial charge on any atom is 0.272 e. The van der Waals surface area contributed by atoms with Crippen LogP contribution in [0.15, 0.2) is 46.2 Å². The third-order valence-corrected chi connectivity index (χ3v) is 2.07. The van der Waals surface area contributed by atoms with Crippen molar-refractivity contribution in [1.82, 2.24) is 10.4 Å². The molecule has 0 aliphatic rings. The first-order chi connectivity index (χ1) is 8.25. The number of nitrogens with zero attached hydrogens (tertiary/aromatic N) is 2. The fourth-order valence-corrected chi connectivity index (χ4v) is 1.19. The van der Waals surface area contributed by atoms with E-state index in [-0.39, 0.29) is 5.91 Å². The zero-order valence-electron chi connectivity index (χ0n) is 9.25. The van der Waals surface area contributed by atoms with Crippen molar-refractivity contribution in [3.8, 4) is 0 Å². The van der Waals surface area contributed by atoms with Crippen LogP contribution in [-0.2, 0) is 0 Å². The Bertz CT molecular complexity index is 515. The Labute approximate surface area is 98.2 Å². The van der Waals surface area contributed by atoms with Crippen LogP contribution in [0, 0.1) is 6.92 Å². The number of rotatable bonds is 3. The molecular weight excluding hydrogens is 218 g/mol. The Morgan fingerprint density at radius 1 is 1.47 bits per heavy atom. The van der Waals surface area contributed by atoms with Gasteiger partial charge < -0.3 is 4.42 Å². The number of aryl methyl sites for hydroxylation is 1. The Hall–Kier alpha value is -2.43. The second-order valence-electron chi connectivity index (χ2n) is 3.40. The monoisotopic (exact) mass is 229 g/mol. The maximum atomic E-state index is 11.6. The normalized spacial score (nSPS) is 10.6. The van der Waals surface area contributed by atoms with Gasteiger partial charge in [0.2, 0.25) is 0 Å². The summed E-state index contributed by atoms with van der Waals surface area (Å²) in [4.78, 5) is 15.6. The molecule has 2 rings (SSSR count). The summed E-state index contributed by atoms with van der Waals surface area (Å²) in [6.45, 7) is 1.86. The number of carbonyl (C=O) groups is 1. The summed E-state index contributed by atoms with van der Waals surface area (Å²) in [5.41, 5.74) is 3.71. The standard InChI is InChI=1S/C12H11N3O2/c1-9-4-5-10(7-13-9)12(16)15-14-8-11-3-2-6-17-11/h2-8H,1H3,(H,15,16). The van der Waals surface area contributed by atoms with Crippen LogP contribution in [-0.4, -0.2) is 17.1 Å². The van der Waals surface area contributed by atoms with E-state index in [1.807, 2.05) is 6.92 Å². The van der Waals surface area contributed by atoms with Crippen molar-refractivity contribution in [3.63, 3.8) is 0 Å². The van der Waals surface area contributed by atoms with Crippen molar-refractivity contribution >= 4 is 12.1 Å². The molecule has 0 bridgehead atoms. The van der Waals surface area contributed by atoms with E-state index in [1.54, 1.807) is 24.3 Å². The summed E-state index contributed by atoms with van der Waals surface area (Å²) >= 11 is 0. The van der Waals surface area contributed by atoms with E-state index in [2.05, 4.69) is 15.5 Å². The number of aromatic nitrogens is 1. The SMILES string of the molecule is Cc1ccc(C(=O)NN=Cc2ccco2)cn1. The predicted octanol–water partition coefficient (Wildman–Crippen LogP) is 1.75. The summed E-state index contributed by atoms with van der Waals surface area (Å²) in [5.74, 6) is 0.271. The zero-order chi connectivity index (χ0) is 12.1. The number of carbonyl (C=O) groups excluding carboxylic acids is 1. The van der Waals surface area contributed by atoms with Gasteiger partial charge in [0.05, 0.1) is 18.0 Å². The fraction of sp³-hybridized carbons (Fsp3) is 0.0833. The molecule has 5 heteroatoms. The van der Waals surface area contributed by atoms with Gasteiger partial charge in [-0.1, -0.05) is 0 Å². The first-order valence-corrected chi connectivity index (χ1v) is 5.05. The highest BCUT2D eigenvalue weighted by atomic mass is 16.3. The number of pyridine rings is 1. The van der Waals surface area contributed by atoms with Gasteiger partial charge in [-0.05, 0) is 31.2 Å². The van der Waals surface area contributed by atoms with Crippen molar-refractivity contribution in [2.45, 2.75) is 6.92 Å². The molecule has 86 valence electrons. The van der Waals surface area contributed by atoms with Crippen LogP contribution in [0.2, 0.25) is 0 Å². The Morgan fingerprint density at radius 2 is 2.35 bits per heavy atom. The van der Waals surface area contributed by atoms with Crippen molar-refractivity contribution in [3.05, 3.63) is 53.7 Å². The third kappa shape index (κ3) is 3.01. The van der Waals surface area contributed by atoms with Gasteiger partial charge in [0.15, 0.2) is 0 Å². The predicted molar refractivity (Wildman–Crippen MR) is 62.7 cm³/mol. The summed E-state index contributed by atoms with van der Waals surface area (Å²) < 4.78 is 5.02. The highest BCUT2D eigenvalue weighted by Crippen LogP contribution is 1.99. The summed E-state index contributed by atoms with van der Waals surface area (Å²) in [7, 11) is 0. The maximum absolute atomic E-state index is 11.6. The minimum atomic E-state index is -0.305. The van der Waals surface area contributed by atoms with Gasteiger partial charge in [-0.2, -0.15) is 5.10 Å². The lowest BCUT2D eigenvalue weighted by Gasteiger charge is -1.98. The Kier molecular flexibility index (Phi) is 3.30. The number of furan rings is 1.